The number of nitrogens with zero attached hydrogens (tertiary/aromatic N) is 1. The Morgan fingerprint density at radius 2 is 1.52 bits per heavy atom. The molecule has 0 N–H and O–H groups in total. The van der Waals surface area contributed by atoms with Gasteiger partial charge in [-0.05, 0) is 51.4 Å². The molecule has 1 aromatic heterocycles. The Labute approximate surface area is 180 Å². The van der Waals surface area contributed by atoms with Gasteiger partial charge in [0, 0.05) is 12.8 Å². The predicted molar refractivity (Wildman–Crippen MR) is 124 cm³/mol. The minimum atomic E-state index is -2.48. The van der Waals surface area contributed by atoms with Crippen LogP contribution in [0.1, 0.15) is 31.9 Å². The highest BCUT2D eigenvalue weighted by molar-refractivity contribution is 6.99. The van der Waals surface area contributed by atoms with Gasteiger partial charge in [-0.2, -0.15) is 0 Å². The van der Waals surface area contributed by atoms with Gasteiger partial charge in [-0.1, -0.05) is 93.0 Å². The molecule has 1 atom stereocenters. The van der Waals surface area contributed by atoms with Gasteiger partial charge in [-0.3, -0.25) is 0 Å². The molecule has 0 spiro atoms. The molecule has 29 heavy (non-hydrogen) atoms. The zero-order valence-corrected chi connectivity index (χ0v) is 19.1. The number of benzene rings is 2. The number of hydrogen-bond donors (Lipinski definition) is 0. The number of aromatic nitrogens is 1. The largest absolute Gasteiger partial charge is 0.407 e. The first-order chi connectivity index (χ1) is 13.9. The molecule has 3 aromatic rings. The van der Waals surface area contributed by atoms with E-state index in [0.717, 1.165) is 19.4 Å². The Kier molecular flexibility index (Phi) is 5.65. The number of rotatable bonds is 5. The van der Waals surface area contributed by atoms with Gasteiger partial charge < -0.3 is 4.43 Å². The summed E-state index contributed by atoms with van der Waals surface area (Å²) in [5.41, 5.74) is 2.52. The number of hydrogen-bond acceptors (Lipinski definition) is 2. The maximum Gasteiger partial charge on any atom is 0.261 e. The Balaban J connectivity index is 1.69. The van der Waals surface area contributed by atoms with Crippen LogP contribution in [0.4, 0.5) is 0 Å². The van der Waals surface area contributed by atoms with Gasteiger partial charge in [0.15, 0.2) is 0 Å². The summed E-state index contributed by atoms with van der Waals surface area (Å²) in [5, 5.41) is 3.30. The van der Waals surface area contributed by atoms with Crippen LogP contribution in [0, 0.1) is 5.92 Å². The monoisotopic (exact) mass is 421 g/mol. The quantitative estimate of drug-likeness (QED) is 0.426. The summed E-state index contributed by atoms with van der Waals surface area (Å²) in [6, 6.07) is 23.8. The molecule has 4 heteroatoms. The second-order valence-electron chi connectivity index (χ2n) is 8.99. The molecule has 4 rings (SSSR count). The van der Waals surface area contributed by atoms with Gasteiger partial charge >= 0.3 is 0 Å². The standard InChI is InChI=1S/C25H28ClNOSi/c1-25(2,3)29(21-10-6-4-7-11-21,22-12-8-5-9-13-22)28-18-19-16-20-14-15-27-24(26)23(20)17-19/h4-15,19H,16-18H2,1-3H3. The van der Waals surface area contributed by atoms with Crippen LogP contribution in [0.15, 0.2) is 72.9 Å². The maximum absolute atomic E-state index is 7.10. The second-order valence-corrected chi connectivity index (χ2v) is 13.7. The molecule has 150 valence electrons. The van der Waals surface area contributed by atoms with Crippen LogP contribution in [0.2, 0.25) is 10.2 Å². The van der Waals surface area contributed by atoms with E-state index in [4.69, 9.17) is 16.0 Å². The highest BCUT2D eigenvalue weighted by Crippen LogP contribution is 2.38. The average molecular weight is 422 g/mol. The van der Waals surface area contributed by atoms with Crippen molar-refractivity contribution in [3.8, 4) is 0 Å². The molecule has 0 amide bonds. The summed E-state index contributed by atoms with van der Waals surface area (Å²) < 4.78 is 7.10. The van der Waals surface area contributed by atoms with Crippen LogP contribution in [0.5, 0.6) is 0 Å². The lowest BCUT2D eigenvalue weighted by Gasteiger charge is -2.43. The molecule has 1 unspecified atom stereocenters. The van der Waals surface area contributed by atoms with E-state index in [0.29, 0.717) is 11.1 Å². The summed E-state index contributed by atoms with van der Waals surface area (Å²) in [6.45, 7) is 7.70. The zero-order chi connectivity index (χ0) is 20.5. The van der Waals surface area contributed by atoms with Gasteiger partial charge in [-0.25, -0.2) is 4.98 Å². The number of halogens is 1. The highest BCUT2D eigenvalue weighted by atomic mass is 35.5. The Morgan fingerprint density at radius 3 is 2.03 bits per heavy atom. The number of fused-ring (bicyclic) bond motifs is 1. The minimum absolute atomic E-state index is 0.000360. The van der Waals surface area contributed by atoms with Crippen molar-refractivity contribution in [1.29, 1.82) is 0 Å². The van der Waals surface area contributed by atoms with Gasteiger partial charge in [0.2, 0.25) is 0 Å². The van der Waals surface area contributed by atoms with Gasteiger partial charge in [0.1, 0.15) is 5.15 Å². The van der Waals surface area contributed by atoms with Gasteiger partial charge in [0.25, 0.3) is 8.32 Å². The topological polar surface area (TPSA) is 22.1 Å². The SMILES string of the molecule is CC(C)(C)[Si](OCC1Cc2ccnc(Cl)c2C1)(c1ccccc1)c1ccccc1. The molecule has 0 saturated heterocycles. The summed E-state index contributed by atoms with van der Waals surface area (Å²) >= 11 is 6.35. The molecular formula is C25H28ClNOSi. The van der Waals surface area contributed by atoms with Crippen LogP contribution in [-0.4, -0.2) is 19.9 Å². The predicted octanol–water partition coefficient (Wildman–Crippen LogP) is 5.03. The minimum Gasteiger partial charge on any atom is -0.407 e. The smallest absolute Gasteiger partial charge is 0.261 e. The molecule has 0 bridgehead atoms. The molecule has 0 aliphatic heterocycles. The van der Waals surface area contributed by atoms with Crippen molar-refractivity contribution in [2.75, 3.05) is 6.61 Å². The van der Waals surface area contributed by atoms with E-state index in [1.165, 1.54) is 21.5 Å². The van der Waals surface area contributed by atoms with E-state index in [-0.39, 0.29) is 5.04 Å². The summed E-state index contributed by atoms with van der Waals surface area (Å²) in [7, 11) is -2.48. The van der Waals surface area contributed by atoms with Crippen molar-refractivity contribution in [3.05, 3.63) is 89.2 Å². The highest BCUT2D eigenvalue weighted by Gasteiger charge is 2.50. The van der Waals surface area contributed by atoms with E-state index in [9.17, 15) is 0 Å². The molecule has 1 heterocycles. The Morgan fingerprint density at radius 1 is 0.931 bits per heavy atom. The third-order valence-electron chi connectivity index (χ3n) is 6.05. The molecule has 0 fully saturated rings. The van der Waals surface area contributed by atoms with Crippen LogP contribution >= 0.6 is 11.6 Å². The van der Waals surface area contributed by atoms with Crippen LogP contribution in [-0.2, 0) is 17.3 Å². The second kappa shape index (κ2) is 8.06. The molecule has 0 radical (unpaired) electrons. The van der Waals surface area contributed by atoms with Crippen molar-refractivity contribution in [1.82, 2.24) is 4.98 Å². The molecular weight excluding hydrogens is 394 g/mol. The first-order valence-electron chi connectivity index (χ1n) is 10.3. The van der Waals surface area contributed by atoms with Crippen molar-refractivity contribution >= 4 is 30.3 Å². The van der Waals surface area contributed by atoms with Crippen LogP contribution in [0.25, 0.3) is 0 Å². The summed E-state index contributed by atoms with van der Waals surface area (Å²) in [5.74, 6) is 0.438. The van der Waals surface area contributed by atoms with E-state index >= 15 is 0 Å². The average Bonchev–Trinajstić information content (AvgIpc) is 3.14. The van der Waals surface area contributed by atoms with Crippen molar-refractivity contribution in [3.63, 3.8) is 0 Å². The molecule has 1 aliphatic carbocycles. The van der Waals surface area contributed by atoms with Crippen LogP contribution in [0.3, 0.4) is 0 Å². The first-order valence-corrected chi connectivity index (χ1v) is 12.6. The van der Waals surface area contributed by atoms with Gasteiger partial charge in [0.05, 0.1) is 0 Å². The third-order valence-corrected chi connectivity index (χ3v) is 11.4. The lowest BCUT2D eigenvalue weighted by Crippen LogP contribution is -2.66. The lowest BCUT2D eigenvalue weighted by atomic mass is 10.1. The molecule has 0 saturated carbocycles. The van der Waals surface area contributed by atoms with E-state index in [2.05, 4.69) is 92.5 Å². The maximum atomic E-state index is 7.10. The van der Waals surface area contributed by atoms with E-state index in [1.54, 1.807) is 0 Å². The first kappa shape index (κ1) is 20.3. The number of pyridine rings is 1. The molecule has 1 aliphatic rings. The fourth-order valence-corrected chi connectivity index (χ4v) is 9.60. The lowest BCUT2D eigenvalue weighted by molar-refractivity contribution is 0.240. The van der Waals surface area contributed by atoms with E-state index < -0.39 is 8.32 Å². The van der Waals surface area contributed by atoms with Crippen molar-refractivity contribution < 1.29 is 4.43 Å². The normalized spacial score (nSPS) is 16.6. The molecule has 2 nitrogen and oxygen atoms in total. The molecule has 2 aromatic carbocycles. The third kappa shape index (κ3) is 3.79. The Hall–Kier alpha value is -1.94. The zero-order valence-electron chi connectivity index (χ0n) is 17.4. The summed E-state index contributed by atoms with van der Waals surface area (Å²) in [6.07, 6.45) is 3.77. The fraction of sp³-hybridized carbons (Fsp3) is 0.320. The van der Waals surface area contributed by atoms with Crippen molar-refractivity contribution in [2.45, 2.75) is 38.7 Å². The Bertz CT molecular complexity index is 930. The van der Waals surface area contributed by atoms with Crippen LogP contribution < -0.4 is 10.4 Å². The van der Waals surface area contributed by atoms with Crippen molar-refractivity contribution in [2.24, 2.45) is 5.92 Å². The van der Waals surface area contributed by atoms with E-state index in [1.807, 2.05) is 6.20 Å². The fourth-order valence-electron chi connectivity index (χ4n) is 4.70. The van der Waals surface area contributed by atoms with Gasteiger partial charge in [-0.15, -0.1) is 0 Å². The summed E-state index contributed by atoms with van der Waals surface area (Å²) in [4.78, 5) is 4.26.